The summed E-state index contributed by atoms with van der Waals surface area (Å²) in [5.41, 5.74) is 2.47. The smallest absolute Gasteiger partial charge is 0.231 e. The van der Waals surface area contributed by atoms with Crippen molar-refractivity contribution in [1.29, 1.82) is 0 Å². The molecule has 4 rings (SSSR count). The minimum absolute atomic E-state index is 0.264. The van der Waals surface area contributed by atoms with Gasteiger partial charge in [0.15, 0.2) is 11.5 Å². The Morgan fingerprint density at radius 1 is 0.920 bits per heavy atom. The fourth-order valence-electron chi connectivity index (χ4n) is 3.18. The Morgan fingerprint density at radius 2 is 1.80 bits per heavy atom. The lowest BCUT2D eigenvalue weighted by Gasteiger charge is -2.15. The third-order valence-electron chi connectivity index (χ3n) is 4.46. The Balaban J connectivity index is 1.36. The zero-order chi connectivity index (χ0) is 16.9. The van der Waals surface area contributed by atoms with Gasteiger partial charge in [0.25, 0.3) is 0 Å². The normalized spacial score (nSPS) is 13.8. The molecule has 2 aromatic carbocycles. The molecule has 128 valence electrons. The SMILES string of the molecule is c1ccc([C@H](CCNCc2ccc3c(c2)OCO3)c2ccco2)cc1. The topological polar surface area (TPSA) is 43.6 Å². The van der Waals surface area contributed by atoms with Crippen LogP contribution in [0.2, 0.25) is 0 Å². The Kier molecular flexibility index (Phi) is 4.70. The van der Waals surface area contributed by atoms with E-state index in [1.165, 1.54) is 11.1 Å². The fraction of sp³-hybridized carbons (Fsp3) is 0.238. The molecule has 0 aliphatic carbocycles. The number of rotatable bonds is 7. The minimum Gasteiger partial charge on any atom is -0.469 e. The van der Waals surface area contributed by atoms with Gasteiger partial charge in [-0.1, -0.05) is 36.4 Å². The summed E-state index contributed by atoms with van der Waals surface area (Å²) in [6, 6.07) is 20.6. The fourth-order valence-corrected chi connectivity index (χ4v) is 3.18. The standard InChI is InChI=1S/C21H21NO3/c1-2-5-17(6-3-1)18(19-7-4-12-23-19)10-11-22-14-16-8-9-20-21(13-16)25-15-24-20/h1-9,12-13,18,22H,10-11,14-15H2/t18-/m0/s1. The molecule has 0 saturated heterocycles. The van der Waals surface area contributed by atoms with Gasteiger partial charge in [-0.3, -0.25) is 0 Å². The van der Waals surface area contributed by atoms with Gasteiger partial charge in [-0.25, -0.2) is 0 Å². The van der Waals surface area contributed by atoms with Gasteiger partial charge in [-0.05, 0) is 48.4 Å². The molecule has 0 unspecified atom stereocenters. The lowest BCUT2D eigenvalue weighted by molar-refractivity contribution is 0.174. The molecule has 0 fully saturated rings. The van der Waals surface area contributed by atoms with Crippen LogP contribution in [0.15, 0.2) is 71.3 Å². The van der Waals surface area contributed by atoms with Gasteiger partial charge < -0.3 is 19.2 Å². The molecule has 4 heteroatoms. The van der Waals surface area contributed by atoms with Gasteiger partial charge in [0, 0.05) is 12.5 Å². The van der Waals surface area contributed by atoms with Crippen LogP contribution in [0, 0.1) is 0 Å². The monoisotopic (exact) mass is 335 g/mol. The highest BCUT2D eigenvalue weighted by atomic mass is 16.7. The summed E-state index contributed by atoms with van der Waals surface area (Å²) in [5.74, 6) is 2.93. The van der Waals surface area contributed by atoms with E-state index in [9.17, 15) is 0 Å². The molecule has 1 aliphatic rings. The second-order valence-corrected chi connectivity index (χ2v) is 6.13. The maximum absolute atomic E-state index is 5.66. The van der Waals surface area contributed by atoms with E-state index in [-0.39, 0.29) is 5.92 Å². The molecule has 0 spiro atoms. The first-order valence-electron chi connectivity index (χ1n) is 8.58. The molecule has 0 radical (unpaired) electrons. The molecule has 25 heavy (non-hydrogen) atoms. The predicted octanol–water partition coefficient (Wildman–Crippen LogP) is 4.32. The Labute approximate surface area is 147 Å². The van der Waals surface area contributed by atoms with Crippen molar-refractivity contribution < 1.29 is 13.9 Å². The largest absolute Gasteiger partial charge is 0.469 e. The van der Waals surface area contributed by atoms with Crippen molar-refractivity contribution in [2.24, 2.45) is 0 Å². The summed E-state index contributed by atoms with van der Waals surface area (Å²) >= 11 is 0. The maximum atomic E-state index is 5.66. The molecule has 0 saturated carbocycles. The van der Waals surface area contributed by atoms with Crippen LogP contribution in [0.1, 0.15) is 29.2 Å². The summed E-state index contributed by atoms with van der Waals surface area (Å²) < 4.78 is 16.4. The molecule has 4 nitrogen and oxygen atoms in total. The van der Waals surface area contributed by atoms with Crippen LogP contribution < -0.4 is 14.8 Å². The second kappa shape index (κ2) is 7.45. The van der Waals surface area contributed by atoms with Gasteiger partial charge >= 0.3 is 0 Å². The van der Waals surface area contributed by atoms with Gasteiger partial charge in [0.1, 0.15) is 5.76 Å². The summed E-state index contributed by atoms with van der Waals surface area (Å²) in [6.45, 7) is 2.01. The molecule has 1 N–H and O–H groups in total. The van der Waals surface area contributed by atoms with Gasteiger partial charge in [-0.15, -0.1) is 0 Å². The Bertz CT molecular complexity index is 799. The van der Waals surface area contributed by atoms with Crippen LogP contribution in [0.5, 0.6) is 11.5 Å². The lowest BCUT2D eigenvalue weighted by Crippen LogP contribution is -2.17. The number of ether oxygens (including phenoxy) is 2. The van der Waals surface area contributed by atoms with Gasteiger partial charge in [-0.2, -0.15) is 0 Å². The second-order valence-electron chi connectivity index (χ2n) is 6.13. The quantitative estimate of drug-likeness (QED) is 0.653. The van der Waals surface area contributed by atoms with E-state index in [4.69, 9.17) is 13.9 Å². The number of benzene rings is 2. The van der Waals surface area contributed by atoms with Gasteiger partial charge in [0.05, 0.1) is 6.26 Å². The van der Waals surface area contributed by atoms with E-state index in [1.807, 2.05) is 24.3 Å². The van der Waals surface area contributed by atoms with Crippen molar-refractivity contribution >= 4 is 0 Å². The van der Waals surface area contributed by atoms with Crippen molar-refractivity contribution in [3.63, 3.8) is 0 Å². The lowest BCUT2D eigenvalue weighted by atomic mass is 9.93. The van der Waals surface area contributed by atoms with Crippen LogP contribution in [-0.2, 0) is 6.54 Å². The first-order valence-corrected chi connectivity index (χ1v) is 8.58. The highest BCUT2D eigenvalue weighted by Gasteiger charge is 2.16. The van der Waals surface area contributed by atoms with Crippen molar-refractivity contribution in [1.82, 2.24) is 5.32 Å². The molecule has 0 amide bonds. The highest BCUT2D eigenvalue weighted by molar-refractivity contribution is 5.44. The molecular formula is C21H21NO3. The number of fused-ring (bicyclic) bond motifs is 1. The average Bonchev–Trinajstić information content (AvgIpc) is 3.34. The van der Waals surface area contributed by atoms with Crippen molar-refractivity contribution in [3.05, 3.63) is 83.8 Å². The van der Waals surface area contributed by atoms with E-state index in [1.54, 1.807) is 6.26 Å². The number of nitrogens with one attached hydrogen (secondary N) is 1. The molecule has 0 bridgehead atoms. The molecule has 1 aliphatic heterocycles. The molecule has 3 aromatic rings. The predicted molar refractivity (Wildman–Crippen MR) is 95.9 cm³/mol. The van der Waals surface area contributed by atoms with E-state index in [2.05, 4.69) is 41.7 Å². The van der Waals surface area contributed by atoms with E-state index >= 15 is 0 Å². The summed E-state index contributed by atoms with van der Waals surface area (Å²) in [4.78, 5) is 0. The van der Waals surface area contributed by atoms with E-state index < -0.39 is 0 Å². The highest BCUT2D eigenvalue weighted by Crippen LogP contribution is 2.32. The Morgan fingerprint density at radius 3 is 2.64 bits per heavy atom. The first-order chi connectivity index (χ1) is 12.4. The number of hydrogen-bond donors (Lipinski definition) is 1. The van der Waals surface area contributed by atoms with Crippen molar-refractivity contribution in [2.45, 2.75) is 18.9 Å². The zero-order valence-corrected chi connectivity index (χ0v) is 14.0. The average molecular weight is 335 g/mol. The van der Waals surface area contributed by atoms with Gasteiger partial charge in [0.2, 0.25) is 6.79 Å². The summed E-state index contributed by atoms with van der Waals surface area (Å²) in [7, 11) is 0. The third kappa shape index (κ3) is 3.69. The third-order valence-corrected chi connectivity index (χ3v) is 4.46. The van der Waals surface area contributed by atoms with Crippen molar-refractivity contribution in [3.8, 4) is 11.5 Å². The van der Waals surface area contributed by atoms with Crippen LogP contribution >= 0.6 is 0 Å². The maximum Gasteiger partial charge on any atom is 0.231 e. The molecule has 1 aromatic heterocycles. The van der Waals surface area contributed by atoms with Crippen LogP contribution in [0.3, 0.4) is 0 Å². The van der Waals surface area contributed by atoms with Crippen molar-refractivity contribution in [2.75, 3.05) is 13.3 Å². The van der Waals surface area contributed by atoms with Crippen LogP contribution in [-0.4, -0.2) is 13.3 Å². The summed E-state index contributed by atoms with van der Waals surface area (Å²) in [6.07, 6.45) is 2.72. The molecule has 2 heterocycles. The summed E-state index contributed by atoms with van der Waals surface area (Å²) in [5, 5.41) is 3.52. The Hall–Kier alpha value is -2.72. The number of furan rings is 1. The zero-order valence-electron chi connectivity index (χ0n) is 14.0. The minimum atomic E-state index is 0.264. The molecule has 1 atom stereocenters. The number of hydrogen-bond acceptors (Lipinski definition) is 4. The first kappa shape index (κ1) is 15.8. The van der Waals surface area contributed by atoms with E-state index in [0.717, 1.165) is 36.8 Å². The van der Waals surface area contributed by atoms with E-state index in [0.29, 0.717) is 6.79 Å². The van der Waals surface area contributed by atoms with Crippen LogP contribution in [0.25, 0.3) is 0 Å². The molecular weight excluding hydrogens is 314 g/mol. The van der Waals surface area contributed by atoms with Crippen LogP contribution in [0.4, 0.5) is 0 Å².